The van der Waals surface area contributed by atoms with Gasteiger partial charge in [-0.05, 0) is 79.8 Å². The monoisotopic (exact) mass is 445 g/mol. The summed E-state index contributed by atoms with van der Waals surface area (Å²) < 4.78 is 17.5. The molecule has 32 heavy (non-hydrogen) atoms. The predicted molar refractivity (Wildman–Crippen MR) is 125 cm³/mol. The van der Waals surface area contributed by atoms with Gasteiger partial charge in [-0.3, -0.25) is 4.98 Å². The highest BCUT2D eigenvalue weighted by molar-refractivity contribution is 7.80. The Balaban J connectivity index is 1.49. The van der Waals surface area contributed by atoms with E-state index in [1.807, 2.05) is 73.7 Å². The lowest BCUT2D eigenvalue weighted by atomic mass is 10.0. The average molecular weight is 446 g/mol. The smallest absolute Gasteiger partial charge is 0.170 e. The first kappa shape index (κ1) is 20.3. The highest BCUT2D eigenvalue weighted by Crippen LogP contribution is 2.41. The molecule has 162 valence electrons. The van der Waals surface area contributed by atoms with Crippen molar-refractivity contribution in [1.82, 2.24) is 15.2 Å². The summed E-state index contributed by atoms with van der Waals surface area (Å²) in [5.41, 5.74) is 1.89. The van der Waals surface area contributed by atoms with Crippen LogP contribution in [-0.2, 0) is 6.54 Å². The van der Waals surface area contributed by atoms with Crippen molar-refractivity contribution in [2.24, 2.45) is 0 Å². The standard InChI is InChI=1S/C25H23N3O3S/c1-2-29-18-10-8-17(9-11-18)21-12-13-22(31-21)24-23(20-7-3-4-14-26-20)27-25(32)28(24)16-19-6-5-15-30-19/h3-15,23-24H,2,16H2,1H3,(H,27,32)/t23-,24-/m0/s1. The number of ether oxygens (including phenoxy) is 1. The molecule has 4 heterocycles. The van der Waals surface area contributed by atoms with Crippen LogP contribution >= 0.6 is 12.2 Å². The number of benzene rings is 1. The summed E-state index contributed by atoms with van der Waals surface area (Å²) in [7, 11) is 0. The maximum Gasteiger partial charge on any atom is 0.170 e. The van der Waals surface area contributed by atoms with Crippen molar-refractivity contribution in [3.8, 4) is 17.1 Å². The normalized spacial score (nSPS) is 18.0. The number of thiocarbonyl (C=S) groups is 1. The number of pyridine rings is 1. The quantitative estimate of drug-likeness (QED) is 0.377. The van der Waals surface area contributed by atoms with Crippen LogP contribution in [0.5, 0.6) is 5.75 Å². The van der Waals surface area contributed by atoms with Crippen molar-refractivity contribution in [3.05, 3.63) is 96.4 Å². The first-order valence-corrected chi connectivity index (χ1v) is 11.0. The zero-order chi connectivity index (χ0) is 21.9. The molecular formula is C25H23N3O3S. The lowest BCUT2D eigenvalue weighted by Gasteiger charge is -2.25. The van der Waals surface area contributed by atoms with Crippen LogP contribution in [0.15, 0.2) is 88.0 Å². The molecule has 1 fully saturated rings. The number of hydrogen-bond donors (Lipinski definition) is 1. The van der Waals surface area contributed by atoms with Gasteiger partial charge >= 0.3 is 0 Å². The summed E-state index contributed by atoms with van der Waals surface area (Å²) >= 11 is 5.70. The third kappa shape index (κ3) is 3.99. The molecular weight excluding hydrogens is 422 g/mol. The van der Waals surface area contributed by atoms with E-state index in [1.54, 1.807) is 12.5 Å². The first-order valence-electron chi connectivity index (χ1n) is 10.6. The van der Waals surface area contributed by atoms with Crippen molar-refractivity contribution in [2.75, 3.05) is 6.61 Å². The number of hydrogen-bond acceptors (Lipinski definition) is 5. The van der Waals surface area contributed by atoms with Crippen LogP contribution in [0.2, 0.25) is 0 Å². The fraction of sp³-hybridized carbons (Fsp3) is 0.200. The fourth-order valence-corrected chi connectivity index (χ4v) is 4.31. The molecule has 0 saturated carbocycles. The van der Waals surface area contributed by atoms with Gasteiger partial charge in [-0.1, -0.05) is 6.07 Å². The molecule has 0 unspecified atom stereocenters. The number of nitrogens with zero attached hydrogens (tertiary/aromatic N) is 2. The molecule has 3 aromatic heterocycles. The molecule has 1 aliphatic rings. The third-order valence-corrected chi connectivity index (χ3v) is 5.82. The Bertz CT molecular complexity index is 1170. The molecule has 0 radical (unpaired) electrons. The summed E-state index contributed by atoms with van der Waals surface area (Å²) in [4.78, 5) is 6.66. The Labute approximate surface area is 191 Å². The molecule has 4 aromatic rings. The molecule has 1 saturated heterocycles. The molecule has 1 aliphatic heterocycles. The fourth-order valence-electron chi connectivity index (χ4n) is 4.00. The molecule has 7 heteroatoms. The minimum atomic E-state index is -0.168. The Morgan fingerprint density at radius 3 is 2.66 bits per heavy atom. The zero-order valence-electron chi connectivity index (χ0n) is 17.6. The lowest BCUT2D eigenvalue weighted by molar-refractivity contribution is 0.253. The maximum absolute atomic E-state index is 6.36. The third-order valence-electron chi connectivity index (χ3n) is 5.47. The molecule has 0 aliphatic carbocycles. The van der Waals surface area contributed by atoms with Crippen molar-refractivity contribution in [2.45, 2.75) is 25.6 Å². The van der Waals surface area contributed by atoms with Gasteiger partial charge in [-0.25, -0.2) is 0 Å². The van der Waals surface area contributed by atoms with E-state index >= 15 is 0 Å². The summed E-state index contributed by atoms with van der Waals surface area (Å²) in [6, 6.07) is 21.3. The van der Waals surface area contributed by atoms with Crippen molar-refractivity contribution in [1.29, 1.82) is 0 Å². The molecule has 0 bridgehead atoms. The van der Waals surface area contributed by atoms with Crippen LogP contribution < -0.4 is 10.1 Å². The van der Waals surface area contributed by atoms with Gasteiger partial charge in [0, 0.05) is 11.8 Å². The first-order chi connectivity index (χ1) is 15.7. The van der Waals surface area contributed by atoms with Crippen LogP contribution in [0.25, 0.3) is 11.3 Å². The van der Waals surface area contributed by atoms with E-state index in [1.165, 1.54) is 0 Å². The Hall–Kier alpha value is -3.58. The number of furan rings is 2. The summed E-state index contributed by atoms with van der Waals surface area (Å²) in [6.07, 6.45) is 3.46. The van der Waals surface area contributed by atoms with Crippen LogP contribution in [0.1, 0.15) is 36.2 Å². The number of nitrogens with one attached hydrogen (secondary N) is 1. The van der Waals surface area contributed by atoms with E-state index in [9.17, 15) is 0 Å². The van der Waals surface area contributed by atoms with E-state index in [-0.39, 0.29) is 12.1 Å². The maximum atomic E-state index is 6.36. The summed E-state index contributed by atoms with van der Waals surface area (Å²) in [6.45, 7) is 3.14. The Morgan fingerprint density at radius 1 is 1.06 bits per heavy atom. The minimum Gasteiger partial charge on any atom is -0.494 e. The Morgan fingerprint density at radius 2 is 1.94 bits per heavy atom. The van der Waals surface area contributed by atoms with E-state index in [0.29, 0.717) is 18.3 Å². The van der Waals surface area contributed by atoms with Crippen LogP contribution in [0, 0.1) is 0 Å². The summed E-state index contributed by atoms with van der Waals surface area (Å²) in [5, 5.41) is 4.07. The lowest BCUT2D eigenvalue weighted by Crippen LogP contribution is -2.28. The van der Waals surface area contributed by atoms with Gasteiger partial charge in [0.2, 0.25) is 0 Å². The van der Waals surface area contributed by atoms with Gasteiger partial charge in [0.1, 0.15) is 29.1 Å². The number of rotatable bonds is 7. The van der Waals surface area contributed by atoms with Crippen LogP contribution in [0.4, 0.5) is 0 Å². The van der Waals surface area contributed by atoms with Crippen molar-refractivity contribution in [3.63, 3.8) is 0 Å². The van der Waals surface area contributed by atoms with Crippen molar-refractivity contribution < 1.29 is 13.6 Å². The Kier molecular flexibility index (Phi) is 5.64. The molecule has 5 rings (SSSR count). The van der Waals surface area contributed by atoms with E-state index in [4.69, 9.17) is 25.8 Å². The van der Waals surface area contributed by atoms with E-state index < -0.39 is 0 Å². The molecule has 0 amide bonds. The largest absolute Gasteiger partial charge is 0.494 e. The highest BCUT2D eigenvalue weighted by Gasteiger charge is 2.42. The zero-order valence-corrected chi connectivity index (χ0v) is 18.4. The van der Waals surface area contributed by atoms with Gasteiger partial charge in [0.25, 0.3) is 0 Å². The number of aromatic nitrogens is 1. The second-order valence-electron chi connectivity index (χ2n) is 7.49. The SMILES string of the molecule is CCOc1ccc(-c2ccc([C@H]3[C@H](c4ccccn4)NC(=S)N3Cc3ccco3)o2)cc1. The topological polar surface area (TPSA) is 63.7 Å². The van der Waals surface area contributed by atoms with Gasteiger partial charge in [-0.15, -0.1) is 0 Å². The molecule has 1 aromatic carbocycles. The minimum absolute atomic E-state index is 0.141. The van der Waals surface area contributed by atoms with Crippen molar-refractivity contribution >= 4 is 17.3 Å². The van der Waals surface area contributed by atoms with Gasteiger partial charge < -0.3 is 23.8 Å². The summed E-state index contributed by atoms with van der Waals surface area (Å²) in [5.74, 6) is 3.27. The molecule has 0 spiro atoms. The second-order valence-corrected chi connectivity index (χ2v) is 7.88. The van der Waals surface area contributed by atoms with E-state index in [0.717, 1.165) is 34.3 Å². The van der Waals surface area contributed by atoms with E-state index in [2.05, 4.69) is 15.2 Å². The van der Waals surface area contributed by atoms with Crippen LogP contribution in [-0.4, -0.2) is 21.6 Å². The average Bonchev–Trinajstić information content (AvgIpc) is 3.57. The van der Waals surface area contributed by atoms with Crippen LogP contribution in [0.3, 0.4) is 0 Å². The van der Waals surface area contributed by atoms with Gasteiger partial charge in [-0.2, -0.15) is 0 Å². The second kappa shape index (κ2) is 8.88. The molecule has 6 nitrogen and oxygen atoms in total. The van der Waals surface area contributed by atoms with Gasteiger partial charge in [0.05, 0.1) is 31.2 Å². The van der Waals surface area contributed by atoms with Gasteiger partial charge in [0.15, 0.2) is 5.11 Å². The predicted octanol–water partition coefficient (Wildman–Crippen LogP) is 5.51. The highest BCUT2D eigenvalue weighted by atomic mass is 32.1. The molecule has 1 N–H and O–H groups in total. The molecule has 2 atom stereocenters.